The van der Waals surface area contributed by atoms with Crippen LogP contribution in [-0.2, 0) is 19.3 Å². The van der Waals surface area contributed by atoms with E-state index in [1.54, 1.807) is 0 Å². The van der Waals surface area contributed by atoms with Gasteiger partial charge >= 0.3 is 5.97 Å². The summed E-state index contributed by atoms with van der Waals surface area (Å²) in [6.07, 6.45) is 12.9. The molecule has 2 saturated heterocycles. The summed E-state index contributed by atoms with van der Waals surface area (Å²) < 4.78 is 5.67. The number of fused-ring (bicyclic) bond motifs is 3. The fourth-order valence-corrected chi connectivity index (χ4v) is 10.1. The number of rotatable bonds is 6. The number of esters is 1. The molecule has 4 heteroatoms. The minimum atomic E-state index is -0.288. The molecule has 10 atom stereocenters. The van der Waals surface area contributed by atoms with E-state index in [4.69, 9.17) is 14.5 Å². The van der Waals surface area contributed by atoms with Gasteiger partial charge in [-0.05, 0) is 92.3 Å². The molecule has 0 aromatic heterocycles. The van der Waals surface area contributed by atoms with Crippen molar-refractivity contribution in [1.29, 1.82) is 0 Å². The van der Waals surface area contributed by atoms with Crippen LogP contribution in [0, 0.1) is 46.3 Å². The van der Waals surface area contributed by atoms with E-state index in [1.807, 2.05) is 0 Å². The average Bonchev–Trinajstić information content (AvgIpc) is 3.14. The lowest BCUT2D eigenvalue weighted by Crippen LogP contribution is -2.75. The van der Waals surface area contributed by atoms with Crippen LogP contribution in [0.2, 0.25) is 0 Å². The molecule has 194 valence electrons. The molecule has 4 aliphatic carbocycles. The Labute approximate surface area is 208 Å². The van der Waals surface area contributed by atoms with Gasteiger partial charge in [0.25, 0.3) is 0 Å². The summed E-state index contributed by atoms with van der Waals surface area (Å²) in [5.41, 5.74) is 0.0855. The molecule has 2 bridgehead atoms. The van der Waals surface area contributed by atoms with Crippen LogP contribution in [0.15, 0.2) is 0 Å². The molecule has 6 rings (SSSR count). The molecule has 2 heterocycles. The molecule has 2 aliphatic heterocycles. The standard InChI is InChI=1S/C30H50O4/c1-19(2)20(3)8-9-21(4)24-10-11-25-27(24,6)14-13-26-28(7)15-12-23(32-22(5)31)18-29(28)16-17-30(25,26)34-33-29/h19-21,23-26H,8-18H2,1-7H3/t20-,21+,23+,24-,25+,26-,27+,28+,29+,30-/m0/s1. The lowest BCUT2D eigenvalue weighted by molar-refractivity contribution is -0.536. The second-order valence-electron chi connectivity index (χ2n) is 14.1. The van der Waals surface area contributed by atoms with E-state index < -0.39 is 0 Å². The third kappa shape index (κ3) is 3.47. The van der Waals surface area contributed by atoms with Crippen molar-refractivity contribution in [3.05, 3.63) is 0 Å². The molecular formula is C30H50O4. The summed E-state index contributed by atoms with van der Waals surface area (Å²) in [5, 5.41) is 0. The molecule has 34 heavy (non-hydrogen) atoms. The minimum Gasteiger partial charge on any atom is -0.462 e. The highest BCUT2D eigenvalue weighted by Crippen LogP contribution is 2.74. The Hall–Kier alpha value is -0.610. The summed E-state index contributed by atoms with van der Waals surface area (Å²) in [5.74, 6) is 4.17. The van der Waals surface area contributed by atoms with E-state index in [-0.39, 0.29) is 28.7 Å². The zero-order valence-corrected chi connectivity index (χ0v) is 23.0. The molecule has 0 aromatic rings. The Balaban J connectivity index is 1.36. The minimum absolute atomic E-state index is 0.0291. The fourth-order valence-electron chi connectivity index (χ4n) is 10.1. The van der Waals surface area contributed by atoms with Crippen LogP contribution in [0.1, 0.15) is 119 Å². The summed E-state index contributed by atoms with van der Waals surface area (Å²) in [6.45, 7) is 16.3. The Morgan fingerprint density at radius 1 is 0.912 bits per heavy atom. The molecule has 4 nitrogen and oxygen atoms in total. The number of hydrogen-bond acceptors (Lipinski definition) is 4. The van der Waals surface area contributed by atoms with Crippen LogP contribution in [0.25, 0.3) is 0 Å². The third-order valence-electron chi connectivity index (χ3n) is 12.4. The summed E-state index contributed by atoms with van der Waals surface area (Å²) in [4.78, 5) is 24.8. The SMILES string of the molecule is CC(=O)O[C@@H]1CC[C@]2(C)[C@@H]3CC[C@@]4(C)[C@@H](CC[C@H]4[C@H](C)CC[C@H](C)C(C)C)[C@@]34CC[C@]2(C1)OO4. The van der Waals surface area contributed by atoms with Crippen LogP contribution < -0.4 is 0 Å². The number of hydrogen-bond donors (Lipinski definition) is 0. The van der Waals surface area contributed by atoms with E-state index in [0.717, 1.165) is 55.8 Å². The quantitative estimate of drug-likeness (QED) is 0.295. The lowest BCUT2D eigenvalue weighted by atomic mass is 9.40. The van der Waals surface area contributed by atoms with Gasteiger partial charge in [-0.25, -0.2) is 9.78 Å². The number of carbonyl (C=O) groups excluding carboxylic acids is 1. The smallest absolute Gasteiger partial charge is 0.302 e. The normalized spacial score (nSPS) is 49.2. The maximum atomic E-state index is 11.7. The third-order valence-corrected chi connectivity index (χ3v) is 12.4. The van der Waals surface area contributed by atoms with Crippen molar-refractivity contribution in [3.63, 3.8) is 0 Å². The first-order valence-electron chi connectivity index (χ1n) is 14.5. The van der Waals surface area contributed by atoms with Crippen LogP contribution in [0.5, 0.6) is 0 Å². The van der Waals surface area contributed by atoms with Gasteiger partial charge in [0, 0.05) is 18.8 Å². The van der Waals surface area contributed by atoms with E-state index in [1.165, 1.54) is 45.4 Å². The zero-order chi connectivity index (χ0) is 24.5. The van der Waals surface area contributed by atoms with Crippen molar-refractivity contribution in [2.45, 2.75) is 136 Å². The molecule has 0 amide bonds. The second-order valence-corrected chi connectivity index (χ2v) is 14.1. The number of carbonyl (C=O) groups is 1. The maximum absolute atomic E-state index is 11.7. The van der Waals surface area contributed by atoms with E-state index in [2.05, 4.69) is 41.5 Å². The zero-order valence-electron chi connectivity index (χ0n) is 23.0. The van der Waals surface area contributed by atoms with Crippen LogP contribution in [0.3, 0.4) is 0 Å². The van der Waals surface area contributed by atoms with Crippen molar-refractivity contribution < 1.29 is 19.3 Å². The predicted octanol–water partition coefficient (Wildman–Crippen LogP) is 7.49. The topological polar surface area (TPSA) is 44.8 Å². The Bertz CT molecular complexity index is 783. The van der Waals surface area contributed by atoms with E-state index in [0.29, 0.717) is 17.3 Å². The van der Waals surface area contributed by atoms with E-state index in [9.17, 15) is 4.79 Å². The van der Waals surface area contributed by atoms with Crippen molar-refractivity contribution in [2.24, 2.45) is 46.3 Å². The molecule has 0 N–H and O–H groups in total. The van der Waals surface area contributed by atoms with Gasteiger partial charge in [-0.1, -0.05) is 54.4 Å². The van der Waals surface area contributed by atoms with Gasteiger partial charge in [0.2, 0.25) is 0 Å². The summed E-state index contributed by atoms with van der Waals surface area (Å²) >= 11 is 0. The predicted molar refractivity (Wildman–Crippen MR) is 134 cm³/mol. The van der Waals surface area contributed by atoms with Crippen LogP contribution in [0.4, 0.5) is 0 Å². The van der Waals surface area contributed by atoms with Crippen LogP contribution in [-0.4, -0.2) is 23.3 Å². The lowest BCUT2D eigenvalue weighted by Gasteiger charge is -2.72. The second kappa shape index (κ2) is 8.47. The monoisotopic (exact) mass is 474 g/mol. The Morgan fingerprint density at radius 3 is 2.32 bits per heavy atom. The number of ether oxygens (including phenoxy) is 1. The molecular weight excluding hydrogens is 424 g/mol. The molecule has 6 fully saturated rings. The van der Waals surface area contributed by atoms with Crippen molar-refractivity contribution in [3.8, 4) is 0 Å². The highest BCUT2D eigenvalue weighted by atomic mass is 17.2. The summed E-state index contributed by atoms with van der Waals surface area (Å²) in [6, 6.07) is 0. The van der Waals surface area contributed by atoms with Gasteiger partial charge in [0.15, 0.2) is 0 Å². The first kappa shape index (κ1) is 25.1. The largest absolute Gasteiger partial charge is 0.462 e. The molecule has 4 saturated carbocycles. The van der Waals surface area contributed by atoms with Gasteiger partial charge in [-0.15, -0.1) is 0 Å². The molecule has 0 unspecified atom stereocenters. The Kier molecular flexibility index (Phi) is 6.24. The Morgan fingerprint density at radius 2 is 1.68 bits per heavy atom. The molecule has 6 aliphatic rings. The van der Waals surface area contributed by atoms with E-state index >= 15 is 0 Å². The molecule has 2 spiro atoms. The van der Waals surface area contributed by atoms with Crippen LogP contribution >= 0.6 is 0 Å². The van der Waals surface area contributed by atoms with Crippen molar-refractivity contribution >= 4 is 5.97 Å². The van der Waals surface area contributed by atoms with Gasteiger partial charge in [0.1, 0.15) is 17.3 Å². The van der Waals surface area contributed by atoms with Gasteiger partial charge in [-0.3, -0.25) is 4.79 Å². The maximum Gasteiger partial charge on any atom is 0.302 e. The highest BCUT2D eigenvalue weighted by molar-refractivity contribution is 5.66. The molecule has 0 radical (unpaired) electrons. The molecule has 0 aromatic carbocycles. The fraction of sp³-hybridized carbons (Fsp3) is 0.967. The van der Waals surface area contributed by atoms with Gasteiger partial charge < -0.3 is 4.74 Å². The van der Waals surface area contributed by atoms with Crippen molar-refractivity contribution in [1.82, 2.24) is 0 Å². The van der Waals surface area contributed by atoms with Gasteiger partial charge in [-0.2, -0.15) is 0 Å². The first-order valence-corrected chi connectivity index (χ1v) is 14.5. The van der Waals surface area contributed by atoms with Crippen molar-refractivity contribution in [2.75, 3.05) is 0 Å². The first-order chi connectivity index (χ1) is 16.0. The van der Waals surface area contributed by atoms with Gasteiger partial charge in [0.05, 0.1) is 0 Å². The average molecular weight is 475 g/mol. The highest BCUT2D eigenvalue weighted by Gasteiger charge is 2.76. The summed E-state index contributed by atoms with van der Waals surface area (Å²) in [7, 11) is 0.